The number of benzene rings is 2. The molecule has 0 aliphatic carbocycles. The van der Waals surface area contributed by atoms with Gasteiger partial charge in [-0.15, -0.1) is 0 Å². The van der Waals surface area contributed by atoms with Gasteiger partial charge in [-0.05, 0) is 40.8 Å². The number of nitrogens with one attached hydrogen (secondary N) is 1. The number of rotatable bonds is 2. The summed E-state index contributed by atoms with van der Waals surface area (Å²) in [5.41, 5.74) is 3.84. The third-order valence-corrected chi connectivity index (χ3v) is 6.23. The highest BCUT2D eigenvalue weighted by atomic mass is 35.5. The van der Waals surface area contributed by atoms with Gasteiger partial charge in [0.1, 0.15) is 5.60 Å². The number of carbonyl (C=O) groups is 1. The molecule has 1 spiro atoms. The second kappa shape index (κ2) is 7.95. The highest BCUT2D eigenvalue weighted by molar-refractivity contribution is 6.30. The van der Waals surface area contributed by atoms with Crippen molar-refractivity contribution < 1.29 is 9.63 Å². The van der Waals surface area contributed by atoms with Gasteiger partial charge in [0, 0.05) is 43.1 Å². The van der Waals surface area contributed by atoms with E-state index in [-0.39, 0.29) is 17.0 Å². The van der Waals surface area contributed by atoms with Crippen LogP contribution in [0.4, 0.5) is 10.5 Å². The number of oxime groups is 1. The van der Waals surface area contributed by atoms with Crippen LogP contribution in [-0.2, 0) is 10.3 Å². The minimum absolute atomic E-state index is 0.0646. The van der Waals surface area contributed by atoms with E-state index in [0.717, 1.165) is 36.2 Å². The summed E-state index contributed by atoms with van der Waals surface area (Å²) in [6.45, 7) is 7.83. The summed E-state index contributed by atoms with van der Waals surface area (Å²) in [5, 5.41) is 8.06. The lowest BCUT2D eigenvalue weighted by Gasteiger charge is -2.37. The van der Waals surface area contributed by atoms with E-state index in [1.807, 2.05) is 41.3 Å². The average Bonchev–Trinajstić information content (AvgIpc) is 3.12. The minimum atomic E-state index is -0.305. The first kappa shape index (κ1) is 20.7. The molecule has 1 fully saturated rings. The molecule has 0 unspecified atom stereocenters. The summed E-state index contributed by atoms with van der Waals surface area (Å²) in [6, 6.07) is 15.7. The number of hydrogen-bond donors (Lipinski definition) is 1. The van der Waals surface area contributed by atoms with Crippen molar-refractivity contribution >= 4 is 29.0 Å². The molecule has 2 aliphatic rings. The maximum absolute atomic E-state index is 12.7. The number of hydrogen-bond acceptors (Lipinski definition) is 3. The van der Waals surface area contributed by atoms with E-state index in [1.54, 1.807) is 0 Å². The van der Waals surface area contributed by atoms with Gasteiger partial charge in [0.2, 0.25) is 0 Å². The third-order valence-electron chi connectivity index (χ3n) is 5.98. The number of piperidine rings is 1. The van der Waals surface area contributed by atoms with Crippen LogP contribution >= 0.6 is 11.6 Å². The van der Waals surface area contributed by atoms with Crippen LogP contribution in [0.5, 0.6) is 0 Å². The molecule has 30 heavy (non-hydrogen) atoms. The fraction of sp³-hybridized carbons (Fsp3) is 0.417. The second-order valence-corrected chi connectivity index (χ2v) is 9.68. The predicted octanol–water partition coefficient (Wildman–Crippen LogP) is 5.83. The number of halogens is 1. The minimum Gasteiger partial charge on any atom is -0.388 e. The van der Waals surface area contributed by atoms with Crippen LogP contribution in [0.3, 0.4) is 0 Å². The van der Waals surface area contributed by atoms with Crippen LogP contribution in [-0.4, -0.2) is 35.3 Å². The summed E-state index contributed by atoms with van der Waals surface area (Å²) < 4.78 is 0. The summed E-state index contributed by atoms with van der Waals surface area (Å²) in [5.74, 6) is 0. The Balaban J connectivity index is 1.31. The van der Waals surface area contributed by atoms with Gasteiger partial charge in [-0.1, -0.05) is 61.8 Å². The van der Waals surface area contributed by atoms with E-state index in [2.05, 4.69) is 43.4 Å². The van der Waals surface area contributed by atoms with Gasteiger partial charge in [-0.2, -0.15) is 0 Å². The van der Waals surface area contributed by atoms with Crippen LogP contribution in [0.1, 0.15) is 51.2 Å². The van der Waals surface area contributed by atoms with Gasteiger partial charge in [0.15, 0.2) is 0 Å². The molecule has 0 radical (unpaired) electrons. The number of carbonyl (C=O) groups excluding carboxylic acids is 1. The quantitative estimate of drug-likeness (QED) is 0.658. The van der Waals surface area contributed by atoms with E-state index < -0.39 is 0 Å². The van der Waals surface area contributed by atoms with Crippen LogP contribution in [0.25, 0.3) is 0 Å². The van der Waals surface area contributed by atoms with Crippen molar-refractivity contribution in [3.63, 3.8) is 0 Å². The molecule has 5 nitrogen and oxygen atoms in total. The normalized spacial score (nSPS) is 18.1. The molecule has 2 aliphatic heterocycles. The zero-order valence-corrected chi connectivity index (χ0v) is 18.5. The number of anilines is 1. The largest absolute Gasteiger partial charge is 0.388 e. The molecule has 0 bridgehead atoms. The molecule has 158 valence electrons. The summed E-state index contributed by atoms with van der Waals surface area (Å²) >= 11 is 5.98. The molecule has 0 atom stereocenters. The SMILES string of the molecule is CC(C)(C)c1ccc(NC(=O)N2CCC3(CC2)CC(c2ccc(Cl)cc2)=NO3)cc1. The monoisotopic (exact) mass is 425 g/mol. The fourth-order valence-electron chi connectivity index (χ4n) is 3.96. The lowest BCUT2D eigenvalue weighted by Crippen LogP contribution is -2.48. The first-order chi connectivity index (χ1) is 14.2. The number of likely N-dealkylation sites (tertiary alicyclic amines) is 1. The molecular weight excluding hydrogens is 398 g/mol. The van der Waals surface area contributed by atoms with Crippen molar-refractivity contribution in [2.75, 3.05) is 18.4 Å². The van der Waals surface area contributed by atoms with Crippen molar-refractivity contribution in [1.29, 1.82) is 0 Å². The van der Waals surface area contributed by atoms with Gasteiger partial charge in [0.25, 0.3) is 0 Å². The zero-order chi connectivity index (χ0) is 21.4. The lowest BCUT2D eigenvalue weighted by molar-refractivity contribution is -0.0544. The molecule has 4 rings (SSSR count). The molecule has 0 saturated carbocycles. The van der Waals surface area contributed by atoms with Gasteiger partial charge < -0.3 is 15.1 Å². The van der Waals surface area contributed by atoms with E-state index >= 15 is 0 Å². The van der Waals surface area contributed by atoms with Gasteiger partial charge in [0.05, 0.1) is 5.71 Å². The van der Waals surface area contributed by atoms with Crippen molar-refractivity contribution in [1.82, 2.24) is 4.90 Å². The van der Waals surface area contributed by atoms with Crippen LogP contribution in [0, 0.1) is 0 Å². The molecule has 2 aromatic rings. The predicted molar refractivity (Wildman–Crippen MR) is 121 cm³/mol. The van der Waals surface area contributed by atoms with Crippen molar-refractivity contribution in [3.8, 4) is 0 Å². The van der Waals surface area contributed by atoms with E-state index in [0.29, 0.717) is 18.1 Å². The van der Waals surface area contributed by atoms with E-state index in [4.69, 9.17) is 16.4 Å². The Hall–Kier alpha value is -2.53. The van der Waals surface area contributed by atoms with E-state index in [1.165, 1.54) is 5.56 Å². The number of nitrogens with zero attached hydrogens (tertiary/aromatic N) is 2. The summed E-state index contributed by atoms with van der Waals surface area (Å²) in [7, 11) is 0. The molecule has 2 heterocycles. The van der Waals surface area contributed by atoms with Crippen LogP contribution in [0.15, 0.2) is 53.7 Å². The van der Waals surface area contributed by atoms with Gasteiger partial charge >= 0.3 is 6.03 Å². The second-order valence-electron chi connectivity index (χ2n) is 9.24. The molecule has 1 N–H and O–H groups in total. The molecule has 6 heteroatoms. The molecule has 0 aromatic heterocycles. The number of urea groups is 1. The topological polar surface area (TPSA) is 53.9 Å². The van der Waals surface area contributed by atoms with Gasteiger partial charge in [-0.25, -0.2) is 4.79 Å². The first-order valence-corrected chi connectivity index (χ1v) is 10.8. The van der Waals surface area contributed by atoms with Crippen molar-refractivity contribution in [2.45, 2.75) is 51.0 Å². The summed E-state index contributed by atoms with van der Waals surface area (Å²) in [4.78, 5) is 20.4. The maximum Gasteiger partial charge on any atom is 0.321 e. The Morgan fingerprint density at radius 3 is 2.30 bits per heavy atom. The lowest BCUT2D eigenvalue weighted by atomic mass is 9.85. The zero-order valence-electron chi connectivity index (χ0n) is 17.7. The Kier molecular flexibility index (Phi) is 5.49. The highest BCUT2D eigenvalue weighted by Crippen LogP contribution is 2.36. The highest BCUT2D eigenvalue weighted by Gasteiger charge is 2.43. The van der Waals surface area contributed by atoms with Crippen LogP contribution in [0.2, 0.25) is 5.02 Å². The smallest absolute Gasteiger partial charge is 0.321 e. The Labute approximate surface area is 183 Å². The molecule has 1 saturated heterocycles. The fourth-order valence-corrected chi connectivity index (χ4v) is 4.09. The third kappa shape index (κ3) is 4.46. The van der Waals surface area contributed by atoms with Crippen molar-refractivity contribution in [3.05, 3.63) is 64.7 Å². The number of amides is 2. The Morgan fingerprint density at radius 1 is 1.07 bits per heavy atom. The average molecular weight is 426 g/mol. The Bertz CT molecular complexity index is 938. The first-order valence-electron chi connectivity index (χ1n) is 10.4. The summed E-state index contributed by atoms with van der Waals surface area (Å²) in [6.07, 6.45) is 2.30. The standard InChI is InChI=1S/C24H28ClN3O2/c1-23(2,3)18-6-10-20(11-7-18)26-22(29)28-14-12-24(13-15-28)16-21(27-30-24)17-4-8-19(25)9-5-17/h4-11H,12-16H2,1-3H3,(H,26,29). The molecular formula is C24H28ClN3O2. The molecule has 2 amide bonds. The van der Waals surface area contributed by atoms with E-state index in [9.17, 15) is 4.79 Å². The maximum atomic E-state index is 12.7. The van der Waals surface area contributed by atoms with Crippen LogP contribution < -0.4 is 5.32 Å². The Morgan fingerprint density at radius 2 is 1.70 bits per heavy atom. The molecule has 2 aromatic carbocycles. The van der Waals surface area contributed by atoms with Crippen molar-refractivity contribution in [2.24, 2.45) is 5.16 Å². The van der Waals surface area contributed by atoms with Gasteiger partial charge in [-0.3, -0.25) is 0 Å².